The Morgan fingerprint density at radius 1 is 1.16 bits per heavy atom. The van der Waals surface area contributed by atoms with Gasteiger partial charge in [0.1, 0.15) is 0 Å². The van der Waals surface area contributed by atoms with Crippen molar-refractivity contribution < 1.29 is 8.42 Å². The number of nitrogens with zero attached hydrogens (tertiary/aromatic N) is 6. The first-order valence-electron chi connectivity index (χ1n) is 10.0. The first kappa shape index (κ1) is 19.7. The highest BCUT2D eigenvalue weighted by Crippen LogP contribution is 2.27. The summed E-state index contributed by atoms with van der Waals surface area (Å²) in [4.78, 5) is 7.24. The molecule has 4 heterocycles. The maximum atomic E-state index is 11.7. The molecule has 4 aromatic rings. The first-order chi connectivity index (χ1) is 14.9. The third-order valence-corrected chi connectivity index (χ3v) is 6.68. The lowest BCUT2D eigenvalue weighted by Gasteiger charge is -2.10. The van der Waals surface area contributed by atoms with Crippen LogP contribution in [0.15, 0.2) is 59.9 Å². The summed E-state index contributed by atoms with van der Waals surface area (Å²) in [6.45, 7) is 2.07. The fourth-order valence-corrected chi connectivity index (χ4v) is 4.56. The van der Waals surface area contributed by atoms with Gasteiger partial charge in [0.2, 0.25) is 5.95 Å². The van der Waals surface area contributed by atoms with Gasteiger partial charge in [0, 0.05) is 30.8 Å². The Kier molecular flexibility index (Phi) is 4.75. The molecule has 1 saturated heterocycles. The minimum atomic E-state index is -3.24. The highest BCUT2D eigenvalue weighted by molar-refractivity contribution is 7.90. The Morgan fingerprint density at radius 3 is 2.68 bits per heavy atom. The molecule has 1 unspecified atom stereocenters. The topological polar surface area (TPSA) is 97.4 Å². The molecule has 1 atom stereocenters. The van der Waals surface area contributed by atoms with Crippen LogP contribution in [0.3, 0.4) is 0 Å². The van der Waals surface area contributed by atoms with E-state index >= 15 is 0 Å². The van der Waals surface area contributed by atoms with E-state index in [9.17, 15) is 8.42 Å². The Bertz CT molecular complexity index is 1340. The summed E-state index contributed by atoms with van der Waals surface area (Å²) in [5.41, 5.74) is 3.26. The van der Waals surface area contributed by atoms with E-state index < -0.39 is 9.84 Å². The molecule has 0 radical (unpaired) electrons. The van der Waals surface area contributed by atoms with Crippen molar-refractivity contribution in [2.24, 2.45) is 0 Å². The minimum absolute atomic E-state index is 0.289. The maximum absolute atomic E-state index is 11.7. The third kappa shape index (κ3) is 3.91. The van der Waals surface area contributed by atoms with Crippen molar-refractivity contribution in [2.75, 3.05) is 31.7 Å². The Hall–Kier alpha value is -3.24. The van der Waals surface area contributed by atoms with E-state index in [1.807, 2.05) is 29.2 Å². The highest BCUT2D eigenvalue weighted by atomic mass is 32.2. The van der Waals surface area contributed by atoms with E-state index in [2.05, 4.69) is 32.4 Å². The molecular formula is C21H23N7O2S. The number of sulfone groups is 1. The van der Waals surface area contributed by atoms with Crippen LogP contribution in [0.5, 0.6) is 0 Å². The Balaban J connectivity index is 1.42. The van der Waals surface area contributed by atoms with Crippen LogP contribution in [0.25, 0.3) is 16.8 Å². The van der Waals surface area contributed by atoms with Gasteiger partial charge in [0.15, 0.2) is 15.5 Å². The van der Waals surface area contributed by atoms with Crippen molar-refractivity contribution in [3.05, 3.63) is 55.0 Å². The van der Waals surface area contributed by atoms with Gasteiger partial charge in [-0.05, 0) is 49.8 Å². The number of pyridine rings is 1. The number of hydrogen-bond acceptors (Lipinski definition) is 7. The number of likely N-dealkylation sites (tertiary alicyclic amines) is 1. The van der Waals surface area contributed by atoms with Gasteiger partial charge in [-0.1, -0.05) is 12.1 Å². The number of anilines is 2. The average Bonchev–Trinajstić information content (AvgIpc) is 3.46. The summed E-state index contributed by atoms with van der Waals surface area (Å²) in [7, 11) is -1.12. The van der Waals surface area contributed by atoms with Crippen LogP contribution >= 0.6 is 0 Å². The molecular weight excluding hydrogens is 414 g/mol. The first-order valence-corrected chi connectivity index (χ1v) is 11.9. The zero-order valence-corrected chi connectivity index (χ0v) is 18.1. The molecule has 0 bridgehead atoms. The molecule has 160 valence electrons. The minimum Gasteiger partial charge on any atom is -0.320 e. The number of hydrogen-bond donors (Lipinski definition) is 1. The lowest BCUT2D eigenvalue weighted by molar-refractivity contribution is 0.382. The van der Waals surface area contributed by atoms with Gasteiger partial charge in [-0.3, -0.25) is 4.68 Å². The van der Waals surface area contributed by atoms with Crippen LogP contribution in [0.4, 0.5) is 11.6 Å². The van der Waals surface area contributed by atoms with Gasteiger partial charge in [0.05, 0.1) is 22.8 Å². The van der Waals surface area contributed by atoms with Gasteiger partial charge in [-0.15, -0.1) is 5.10 Å². The highest BCUT2D eigenvalue weighted by Gasteiger charge is 2.22. The molecule has 31 heavy (non-hydrogen) atoms. The number of fused-ring (bicyclic) bond motifs is 1. The summed E-state index contributed by atoms with van der Waals surface area (Å²) in [5.74, 6) is 0.475. The van der Waals surface area contributed by atoms with Crippen molar-refractivity contribution in [3.63, 3.8) is 0 Å². The van der Waals surface area contributed by atoms with Crippen molar-refractivity contribution in [3.8, 4) is 11.1 Å². The molecule has 1 fully saturated rings. The number of rotatable bonds is 5. The Morgan fingerprint density at radius 2 is 1.97 bits per heavy atom. The van der Waals surface area contributed by atoms with Gasteiger partial charge in [-0.25, -0.2) is 12.9 Å². The van der Waals surface area contributed by atoms with Crippen LogP contribution in [0.2, 0.25) is 0 Å². The molecule has 0 amide bonds. The summed E-state index contributed by atoms with van der Waals surface area (Å²) < 4.78 is 27.2. The largest absolute Gasteiger partial charge is 0.320 e. The van der Waals surface area contributed by atoms with Crippen LogP contribution in [0.1, 0.15) is 12.5 Å². The second-order valence-electron chi connectivity index (χ2n) is 7.96. The summed E-state index contributed by atoms with van der Waals surface area (Å²) in [6.07, 6.45) is 7.90. The zero-order valence-electron chi connectivity index (χ0n) is 17.3. The standard InChI is InChI=1S/C21H23N7O2S/c1-26-11-9-17(14-26)28-13-16(12-22-28)23-21-24-20-19(4-3-10-27(20)25-21)15-5-7-18(8-6-15)31(2,29)30/h3-8,10,12-13,17H,9,11,14H2,1-2H3,(H,23,25). The second kappa shape index (κ2) is 7.47. The van der Waals surface area contributed by atoms with Crippen molar-refractivity contribution in [1.82, 2.24) is 29.3 Å². The van der Waals surface area contributed by atoms with Crippen molar-refractivity contribution in [2.45, 2.75) is 17.4 Å². The van der Waals surface area contributed by atoms with Crippen molar-refractivity contribution >= 4 is 27.1 Å². The normalized spacial score (nSPS) is 17.4. The SMILES string of the molecule is CN1CCC(n2cc(Nc3nc4c(-c5ccc(S(C)(=O)=O)cc5)cccn4n3)cn2)C1. The fourth-order valence-electron chi connectivity index (χ4n) is 3.93. The number of aromatic nitrogens is 5. The number of benzene rings is 1. The van der Waals surface area contributed by atoms with Gasteiger partial charge in [-0.2, -0.15) is 10.1 Å². The predicted molar refractivity (Wildman–Crippen MR) is 118 cm³/mol. The quantitative estimate of drug-likeness (QED) is 0.513. The molecule has 1 N–H and O–H groups in total. The van der Waals surface area contributed by atoms with Gasteiger partial charge >= 0.3 is 0 Å². The van der Waals surface area contributed by atoms with Crippen LogP contribution in [-0.4, -0.2) is 64.1 Å². The second-order valence-corrected chi connectivity index (χ2v) is 9.98. The lowest BCUT2D eigenvalue weighted by atomic mass is 10.1. The summed E-state index contributed by atoms with van der Waals surface area (Å²) >= 11 is 0. The van der Waals surface area contributed by atoms with Crippen LogP contribution in [-0.2, 0) is 9.84 Å². The van der Waals surface area contributed by atoms with E-state index in [4.69, 9.17) is 0 Å². The molecule has 0 saturated carbocycles. The summed E-state index contributed by atoms with van der Waals surface area (Å²) in [6, 6.07) is 11.0. The molecule has 1 aliphatic rings. The number of likely N-dealkylation sites (N-methyl/N-ethyl adjacent to an activating group) is 1. The van der Waals surface area contributed by atoms with E-state index in [-0.39, 0.29) is 4.90 Å². The van der Waals surface area contributed by atoms with E-state index in [1.54, 1.807) is 35.0 Å². The van der Waals surface area contributed by atoms with Gasteiger partial charge in [0.25, 0.3) is 0 Å². The average molecular weight is 438 g/mol. The molecule has 0 aliphatic carbocycles. The molecule has 1 aromatic carbocycles. The van der Waals surface area contributed by atoms with Crippen LogP contribution < -0.4 is 5.32 Å². The van der Waals surface area contributed by atoms with Crippen LogP contribution in [0, 0.1) is 0 Å². The predicted octanol–water partition coefficient (Wildman–Crippen LogP) is 2.62. The van der Waals surface area contributed by atoms with Gasteiger partial charge < -0.3 is 10.2 Å². The third-order valence-electron chi connectivity index (χ3n) is 5.55. The molecule has 5 rings (SSSR count). The lowest BCUT2D eigenvalue weighted by Crippen LogP contribution is -2.16. The fraction of sp³-hybridized carbons (Fsp3) is 0.286. The smallest absolute Gasteiger partial charge is 0.247 e. The Labute approximate surface area is 180 Å². The van der Waals surface area contributed by atoms with E-state index in [0.29, 0.717) is 17.6 Å². The summed E-state index contributed by atoms with van der Waals surface area (Å²) in [5, 5.41) is 12.3. The zero-order chi connectivity index (χ0) is 21.6. The number of nitrogens with one attached hydrogen (secondary N) is 1. The monoisotopic (exact) mass is 437 g/mol. The maximum Gasteiger partial charge on any atom is 0.247 e. The molecule has 10 heteroatoms. The van der Waals surface area contributed by atoms with E-state index in [1.165, 1.54) is 6.26 Å². The molecule has 9 nitrogen and oxygen atoms in total. The van der Waals surface area contributed by atoms with E-state index in [0.717, 1.165) is 36.3 Å². The molecule has 3 aromatic heterocycles. The molecule has 0 spiro atoms. The molecule has 1 aliphatic heterocycles. The van der Waals surface area contributed by atoms with Crippen molar-refractivity contribution in [1.29, 1.82) is 0 Å².